The van der Waals surface area contributed by atoms with Gasteiger partial charge in [0.25, 0.3) is 5.91 Å². The highest BCUT2D eigenvalue weighted by atomic mass is 16.5. The lowest BCUT2D eigenvalue weighted by atomic mass is 9.94. The number of fused-ring (bicyclic) bond motifs is 1. The summed E-state index contributed by atoms with van der Waals surface area (Å²) < 4.78 is 5.74. The molecule has 0 fully saturated rings. The van der Waals surface area contributed by atoms with Crippen molar-refractivity contribution in [3.8, 4) is 22.8 Å². The van der Waals surface area contributed by atoms with E-state index in [2.05, 4.69) is 24.0 Å². The van der Waals surface area contributed by atoms with Crippen LogP contribution in [0.3, 0.4) is 0 Å². The average molecular weight is 434 g/mol. The van der Waals surface area contributed by atoms with E-state index in [-0.39, 0.29) is 17.7 Å². The van der Waals surface area contributed by atoms with Crippen molar-refractivity contribution in [2.24, 2.45) is 0 Å². The summed E-state index contributed by atoms with van der Waals surface area (Å²) in [6, 6.07) is 11.6. The zero-order valence-corrected chi connectivity index (χ0v) is 19.2. The van der Waals surface area contributed by atoms with E-state index in [0.29, 0.717) is 30.1 Å². The van der Waals surface area contributed by atoms with Crippen LogP contribution in [0.25, 0.3) is 11.3 Å². The maximum absolute atomic E-state index is 13.3. The van der Waals surface area contributed by atoms with Crippen molar-refractivity contribution in [2.45, 2.75) is 53.0 Å². The molecule has 32 heavy (non-hydrogen) atoms. The van der Waals surface area contributed by atoms with Crippen LogP contribution in [0.15, 0.2) is 36.4 Å². The van der Waals surface area contributed by atoms with Crippen LogP contribution in [-0.4, -0.2) is 39.3 Å². The lowest BCUT2D eigenvalue weighted by Crippen LogP contribution is -2.30. The average Bonchev–Trinajstić information content (AvgIpc) is 3.32. The summed E-state index contributed by atoms with van der Waals surface area (Å²) in [6.45, 7) is 9.41. The van der Waals surface area contributed by atoms with E-state index in [9.17, 15) is 9.90 Å². The van der Waals surface area contributed by atoms with Crippen LogP contribution in [0.2, 0.25) is 0 Å². The van der Waals surface area contributed by atoms with Crippen LogP contribution in [-0.2, 0) is 0 Å². The fourth-order valence-corrected chi connectivity index (χ4v) is 4.41. The van der Waals surface area contributed by atoms with Gasteiger partial charge in [-0.05, 0) is 61.6 Å². The number of rotatable bonds is 8. The second-order valence-corrected chi connectivity index (χ2v) is 8.51. The summed E-state index contributed by atoms with van der Waals surface area (Å²) in [5, 5.41) is 18.3. The molecular weight excluding hydrogens is 402 g/mol. The zero-order valence-electron chi connectivity index (χ0n) is 19.2. The lowest BCUT2D eigenvalue weighted by Gasteiger charge is -2.26. The summed E-state index contributed by atoms with van der Waals surface area (Å²) in [5.74, 6) is 0.971. The molecule has 1 aromatic heterocycles. The first kappa shape index (κ1) is 21.9. The molecule has 0 radical (unpaired) electrons. The number of benzene rings is 2. The number of carbonyl (C=O) groups is 1. The highest BCUT2D eigenvalue weighted by molar-refractivity contribution is 6.00. The number of hydrogen-bond donors (Lipinski definition) is 2. The highest BCUT2D eigenvalue weighted by Crippen LogP contribution is 2.45. The molecule has 0 spiro atoms. The summed E-state index contributed by atoms with van der Waals surface area (Å²) in [6.07, 6.45) is 2.86. The molecular formula is C26H31N3O3. The number of nitrogens with zero attached hydrogens (tertiary/aromatic N) is 2. The number of aryl methyl sites for hydroxylation is 2. The Morgan fingerprint density at radius 2 is 1.88 bits per heavy atom. The van der Waals surface area contributed by atoms with E-state index >= 15 is 0 Å². The third kappa shape index (κ3) is 3.85. The molecule has 168 valence electrons. The molecule has 1 aliphatic heterocycles. The molecule has 1 amide bonds. The van der Waals surface area contributed by atoms with Crippen molar-refractivity contribution in [3.05, 3.63) is 64.3 Å². The minimum Gasteiger partial charge on any atom is -0.507 e. The van der Waals surface area contributed by atoms with Crippen LogP contribution >= 0.6 is 0 Å². The van der Waals surface area contributed by atoms with Gasteiger partial charge < -0.3 is 14.7 Å². The highest BCUT2D eigenvalue weighted by Gasteiger charge is 2.42. The number of hydrogen-bond acceptors (Lipinski definition) is 4. The minimum absolute atomic E-state index is 0.0487. The molecule has 0 saturated carbocycles. The van der Waals surface area contributed by atoms with E-state index in [4.69, 9.17) is 4.74 Å². The predicted molar refractivity (Wildman–Crippen MR) is 125 cm³/mol. The van der Waals surface area contributed by atoms with Crippen LogP contribution in [0, 0.1) is 13.8 Å². The number of aromatic amines is 1. The second kappa shape index (κ2) is 9.07. The Bertz CT molecular complexity index is 1120. The minimum atomic E-state index is -0.266. The topological polar surface area (TPSA) is 78.5 Å². The number of phenols is 1. The van der Waals surface area contributed by atoms with Gasteiger partial charge in [0.15, 0.2) is 0 Å². The number of H-pyrrole nitrogens is 1. The Kier molecular flexibility index (Phi) is 6.21. The Balaban J connectivity index is 1.82. The van der Waals surface area contributed by atoms with Crippen molar-refractivity contribution in [3.63, 3.8) is 0 Å². The van der Waals surface area contributed by atoms with Gasteiger partial charge in [0.1, 0.15) is 22.9 Å². The molecule has 0 aliphatic carbocycles. The number of carbonyl (C=O) groups excluding carboxylic acids is 1. The van der Waals surface area contributed by atoms with Gasteiger partial charge in [-0.3, -0.25) is 9.89 Å². The van der Waals surface area contributed by atoms with Crippen LogP contribution in [0.5, 0.6) is 11.5 Å². The van der Waals surface area contributed by atoms with Gasteiger partial charge in [0.2, 0.25) is 0 Å². The maximum Gasteiger partial charge on any atom is 0.273 e. The first-order valence-electron chi connectivity index (χ1n) is 11.4. The fourth-order valence-electron chi connectivity index (χ4n) is 4.41. The van der Waals surface area contributed by atoms with E-state index in [0.717, 1.165) is 47.3 Å². The standard InChI is InChI=1S/C26H31N3O3/c1-5-7-12-29-24(18-8-10-19(11-9-18)32-13-6-2)21-22(27-28-23(21)26(29)31)20-15-16(3)14-17(4)25(20)30/h8-11,14-15,24,30H,5-7,12-13H2,1-4H3,(H,27,28). The molecule has 1 aliphatic rings. The predicted octanol–water partition coefficient (Wildman–Crippen LogP) is 5.53. The van der Waals surface area contributed by atoms with E-state index in [1.54, 1.807) is 0 Å². The summed E-state index contributed by atoms with van der Waals surface area (Å²) >= 11 is 0. The van der Waals surface area contributed by atoms with E-state index in [1.807, 2.05) is 55.1 Å². The zero-order chi connectivity index (χ0) is 22.8. The van der Waals surface area contributed by atoms with Gasteiger partial charge in [-0.15, -0.1) is 0 Å². The maximum atomic E-state index is 13.3. The van der Waals surface area contributed by atoms with Gasteiger partial charge in [0, 0.05) is 17.7 Å². The van der Waals surface area contributed by atoms with E-state index in [1.165, 1.54) is 0 Å². The summed E-state index contributed by atoms with van der Waals surface area (Å²) in [7, 11) is 0. The lowest BCUT2D eigenvalue weighted by molar-refractivity contribution is 0.0741. The quantitative estimate of drug-likeness (QED) is 0.489. The van der Waals surface area contributed by atoms with Gasteiger partial charge in [-0.1, -0.05) is 38.5 Å². The SMILES string of the molecule is CCCCN1C(=O)c2[nH]nc(-c3cc(C)cc(C)c3O)c2C1c1ccc(OCCC)cc1. The van der Waals surface area contributed by atoms with Gasteiger partial charge in [0.05, 0.1) is 12.6 Å². The first-order valence-corrected chi connectivity index (χ1v) is 11.4. The normalized spacial score (nSPS) is 15.3. The fraction of sp³-hybridized carbons (Fsp3) is 0.385. The molecule has 2 heterocycles. The molecule has 3 aromatic rings. The summed E-state index contributed by atoms with van der Waals surface area (Å²) in [5.41, 5.74) is 5.44. The molecule has 6 nitrogen and oxygen atoms in total. The number of aromatic hydroxyl groups is 1. The van der Waals surface area contributed by atoms with Crippen LogP contribution < -0.4 is 4.74 Å². The van der Waals surface area contributed by atoms with E-state index < -0.39 is 0 Å². The molecule has 2 N–H and O–H groups in total. The molecule has 6 heteroatoms. The van der Waals surface area contributed by atoms with Gasteiger partial charge in [-0.2, -0.15) is 5.10 Å². The van der Waals surface area contributed by atoms with Gasteiger partial charge >= 0.3 is 0 Å². The van der Waals surface area contributed by atoms with Crippen LogP contribution in [0.1, 0.15) is 71.9 Å². The molecule has 0 bridgehead atoms. The Hall–Kier alpha value is -3.28. The van der Waals surface area contributed by atoms with Crippen molar-refractivity contribution in [1.29, 1.82) is 0 Å². The number of phenolic OH excluding ortho intramolecular Hbond substituents is 1. The summed E-state index contributed by atoms with van der Waals surface area (Å²) in [4.78, 5) is 15.2. The molecule has 0 saturated heterocycles. The van der Waals surface area contributed by atoms with Crippen molar-refractivity contribution in [2.75, 3.05) is 13.2 Å². The number of amides is 1. The van der Waals surface area contributed by atoms with Crippen LogP contribution in [0.4, 0.5) is 0 Å². The third-order valence-electron chi connectivity index (χ3n) is 5.99. The van der Waals surface area contributed by atoms with Crippen molar-refractivity contribution < 1.29 is 14.6 Å². The molecule has 4 rings (SSSR count). The van der Waals surface area contributed by atoms with Crippen molar-refractivity contribution in [1.82, 2.24) is 15.1 Å². The van der Waals surface area contributed by atoms with Crippen molar-refractivity contribution >= 4 is 5.91 Å². The number of unbranched alkanes of at least 4 members (excludes halogenated alkanes) is 1. The second-order valence-electron chi connectivity index (χ2n) is 8.51. The molecule has 2 aromatic carbocycles. The molecule has 1 atom stereocenters. The number of aromatic nitrogens is 2. The molecule has 1 unspecified atom stereocenters. The first-order chi connectivity index (χ1) is 15.5. The Morgan fingerprint density at radius 1 is 1.12 bits per heavy atom. The number of nitrogens with one attached hydrogen (secondary N) is 1. The largest absolute Gasteiger partial charge is 0.507 e. The smallest absolute Gasteiger partial charge is 0.273 e. The van der Waals surface area contributed by atoms with Gasteiger partial charge in [-0.25, -0.2) is 0 Å². The monoisotopic (exact) mass is 433 g/mol. The third-order valence-corrected chi connectivity index (χ3v) is 5.99. The Morgan fingerprint density at radius 3 is 2.56 bits per heavy atom. The number of ether oxygens (including phenoxy) is 1. The Labute approximate surface area is 189 Å².